The zero-order valence-electron chi connectivity index (χ0n) is 21.6. The van der Waals surface area contributed by atoms with Gasteiger partial charge in [-0.25, -0.2) is 9.78 Å². The maximum Gasteiger partial charge on any atom is 0.335 e. The number of aliphatic hydroxyl groups excluding tert-OH is 1. The number of benzene rings is 1. The minimum atomic E-state index is -0.952. The topological polar surface area (TPSA) is 138 Å². The molecule has 1 aromatic carbocycles. The molecule has 4 N–H and O–H groups in total. The van der Waals surface area contributed by atoms with Crippen molar-refractivity contribution in [1.82, 2.24) is 24.5 Å². The molecular weight excluding hydrogens is 482 g/mol. The number of nitrogens with one attached hydrogen (secondary N) is 2. The van der Waals surface area contributed by atoms with Gasteiger partial charge in [-0.15, -0.1) is 0 Å². The van der Waals surface area contributed by atoms with Crippen LogP contribution in [0.1, 0.15) is 67.9 Å². The van der Waals surface area contributed by atoms with E-state index in [0.29, 0.717) is 24.4 Å². The number of aromatic nitrogens is 5. The Hall–Kier alpha value is -4.05. The molecule has 0 saturated heterocycles. The quantitative estimate of drug-likeness (QED) is 0.233. The van der Waals surface area contributed by atoms with E-state index >= 15 is 0 Å². The third-order valence-electron chi connectivity index (χ3n) is 7.19. The average Bonchev–Trinajstić information content (AvgIpc) is 3.61. The Morgan fingerprint density at radius 1 is 1.11 bits per heavy atom. The van der Waals surface area contributed by atoms with Crippen molar-refractivity contribution in [2.75, 3.05) is 10.6 Å². The first-order valence-corrected chi connectivity index (χ1v) is 13.1. The molecule has 0 aliphatic heterocycles. The fourth-order valence-corrected chi connectivity index (χ4v) is 4.95. The summed E-state index contributed by atoms with van der Waals surface area (Å²) in [6.45, 7) is 4.27. The molecule has 1 fully saturated rings. The molecule has 2 atom stereocenters. The van der Waals surface area contributed by atoms with Crippen LogP contribution in [0, 0.1) is 0 Å². The van der Waals surface area contributed by atoms with Crippen molar-refractivity contribution in [3.63, 3.8) is 0 Å². The Kier molecular flexibility index (Phi) is 7.50. The van der Waals surface area contributed by atoms with E-state index in [1.807, 2.05) is 25.4 Å². The summed E-state index contributed by atoms with van der Waals surface area (Å²) in [5.74, 6) is 0.140. The third-order valence-corrected chi connectivity index (χ3v) is 7.19. The predicted octanol–water partition coefficient (Wildman–Crippen LogP) is 4.89. The van der Waals surface area contributed by atoms with Crippen molar-refractivity contribution in [2.24, 2.45) is 0 Å². The van der Waals surface area contributed by atoms with E-state index in [-0.39, 0.29) is 11.6 Å². The van der Waals surface area contributed by atoms with E-state index in [9.17, 15) is 9.90 Å². The fourth-order valence-electron chi connectivity index (χ4n) is 4.95. The number of carboxylic acids is 1. The lowest BCUT2D eigenvalue weighted by Crippen LogP contribution is -2.31. The first-order chi connectivity index (χ1) is 18.4. The monoisotopic (exact) mass is 515 g/mol. The zero-order valence-corrected chi connectivity index (χ0v) is 21.6. The van der Waals surface area contributed by atoms with Crippen molar-refractivity contribution >= 4 is 28.9 Å². The number of fused-ring (bicyclic) bond motifs is 1. The number of carboxylic acid groups (broad SMARTS) is 1. The Morgan fingerprint density at radius 3 is 2.50 bits per heavy atom. The Balaban J connectivity index is 1.38. The molecule has 198 valence electrons. The Bertz CT molecular complexity index is 1390. The minimum Gasteiger partial charge on any atom is -0.478 e. The van der Waals surface area contributed by atoms with Crippen molar-refractivity contribution in [1.29, 1.82) is 0 Å². The minimum absolute atomic E-state index is 0.163. The first-order valence-electron chi connectivity index (χ1n) is 13.1. The van der Waals surface area contributed by atoms with Crippen molar-refractivity contribution in [3.8, 4) is 11.3 Å². The lowest BCUT2D eigenvalue weighted by Gasteiger charge is -2.20. The van der Waals surface area contributed by atoms with Crippen molar-refractivity contribution < 1.29 is 15.0 Å². The summed E-state index contributed by atoms with van der Waals surface area (Å²) in [5.41, 5.74) is 4.33. The largest absolute Gasteiger partial charge is 0.478 e. The molecule has 1 saturated carbocycles. The predicted molar refractivity (Wildman–Crippen MR) is 146 cm³/mol. The van der Waals surface area contributed by atoms with Crippen LogP contribution in [0.3, 0.4) is 0 Å². The molecule has 1 aliphatic rings. The SMILES string of the molecule is CCC(Nc1nc(NCc2ccc(-c3ccc(C(=O)O)cc3)nc2)c2ncn(C3CCCC3)c2n1)[C@@H](C)O. The second kappa shape index (κ2) is 11.1. The van der Waals surface area contributed by atoms with Gasteiger partial charge in [-0.3, -0.25) is 4.98 Å². The highest BCUT2D eigenvalue weighted by Gasteiger charge is 2.23. The maximum atomic E-state index is 11.1. The summed E-state index contributed by atoms with van der Waals surface area (Å²) in [6, 6.07) is 10.8. The summed E-state index contributed by atoms with van der Waals surface area (Å²) in [7, 11) is 0. The van der Waals surface area contributed by atoms with Gasteiger partial charge in [0.15, 0.2) is 17.0 Å². The molecule has 4 aromatic rings. The van der Waals surface area contributed by atoms with Gasteiger partial charge in [0.05, 0.1) is 29.7 Å². The smallest absolute Gasteiger partial charge is 0.335 e. The number of pyridine rings is 1. The van der Waals surface area contributed by atoms with E-state index in [2.05, 4.69) is 25.2 Å². The molecule has 3 aromatic heterocycles. The average molecular weight is 516 g/mol. The van der Waals surface area contributed by atoms with Crippen LogP contribution >= 0.6 is 0 Å². The van der Waals surface area contributed by atoms with Gasteiger partial charge < -0.3 is 25.4 Å². The number of anilines is 2. The van der Waals surface area contributed by atoms with E-state index in [1.165, 1.54) is 12.8 Å². The van der Waals surface area contributed by atoms with Crippen molar-refractivity contribution in [2.45, 2.75) is 70.7 Å². The molecule has 38 heavy (non-hydrogen) atoms. The molecule has 0 radical (unpaired) electrons. The maximum absolute atomic E-state index is 11.1. The highest BCUT2D eigenvalue weighted by atomic mass is 16.4. The van der Waals surface area contributed by atoms with Gasteiger partial charge in [0.2, 0.25) is 5.95 Å². The molecular formula is C28H33N7O3. The van der Waals surface area contributed by atoms with Crippen LogP contribution in [0.25, 0.3) is 22.4 Å². The lowest BCUT2D eigenvalue weighted by atomic mass is 10.1. The molecule has 1 aliphatic carbocycles. The Labute approximate surface area is 221 Å². The third kappa shape index (κ3) is 5.45. The zero-order chi connectivity index (χ0) is 26.6. The number of rotatable bonds is 10. The van der Waals surface area contributed by atoms with E-state index in [0.717, 1.165) is 47.2 Å². The molecule has 5 rings (SSSR count). The molecule has 0 bridgehead atoms. The second-order valence-electron chi connectivity index (χ2n) is 9.85. The number of imidazole rings is 1. The summed E-state index contributed by atoms with van der Waals surface area (Å²) >= 11 is 0. The van der Waals surface area contributed by atoms with Crippen LogP contribution in [0.4, 0.5) is 11.8 Å². The molecule has 10 heteroatoms. The van der Waals surface area contributed by atoms with Crippen LogP contribution in [0.15, 0.2) is 48.9 Å². The van der Waals surface area contributed by atoms with Crippen LogP contribution in [-0.2, 0) is 6.54 Å². The van der Waals surface area contributed by atoms with Crippen LogP contribution in [0.2, 0.25) is 0 Å². The van der Waals surface area contributed by atoms with E-state index in [1.54, 1.807) is 37.4 Å². The lowest BCUT2D eigenvalue weighted by molar-refractivity contribution is 0.0697. The molecule has 0 spiro atoms. The number of carbonyl (C=O) groups is 1. The van der Waals surface area contributed by atoms with Gasteiger partial charge in [-0.1, -0.05) is 38.0 Å². The van der Waals surface area contributed by atoms with Gasteiger partial charge >= 0.3 is 5.97 Å². The molecule has 1 unspecified atom stereocenters. The Morgan fingerprint density at radius 2 is 1.87 bits per heavy atom. The molecule has 0 amide bonds. The van der Waals surface area contributed by atoms with Gasteiger partial charge in [-0.2, -0.15) is 9.97 Å². The van der Waals surface area contributed by atoms with Crippen LogP contribution in [0.5, 0.6) is 0 Å². The van der Waals surface area contributed by atoms with Gasteiger partial charge in [0.25, 0.3) is 0 Å². The highest BCUT2D eigenvalue weighted by Crippen LogP contribution is 2.33. The van der Waals surface area contributed by atoms with Crippen LogP contribution < -0.4 is 10.6 Å². The number of aromatic carboxylic acids is 1. The van der Waals surface area contributed by atoms with E-state index in [4.69, 9.17) is 15.1 Å². The number of hydrogen-bond donors (Lipinski definition) is 4. The molecule has 10 nitrogen and oxygen atoms in total. The second-order valence-corrected chi connectivity index (χ2v) is 9.85. The van der Waals surface area contributed by atoms with Gasteiger partial charge in [0.1, 0.15) is 0 Å². The number of nitrogens with zero attached hydrogens (tertiary/aromatic N) is 5. The summed E-state index contributed by atoms with van der Waals surface area (Å²) in [6.07, 6.45) is 8.50. The standard InChI is InChI=1S/C28H33N7O3/c1-3-22(17(2)36)32-28-33-25(24-26(34-28)35(16-31-24)21-6-4-5-7-21)30-15-18-8-13-23(29-14-18)19-9-11-20(12-10-19)27(37)38/h8-14,16-17,21-22,36H,3-7,15H2,1-2H3,(H,37,38)(H2,30,32,33,34)/t17-,22?/m1/s1. The normalized spacial score (nSPS) is 15.4. The summed E-state index contributed by atoms with van der Waals surface area (Å²) in [5, 5.41) is 26.0. The van der Waals surface area contributed by atoms with Crippen molar-refractivity contribution in [3.05, 3.63) is 60.0 Å². The number of aliphatic hydroxyl groups is 1. The summed E-state index contributed by atoms with van der Waals surface area (Å²) in [4.78, 5) is 29.9. The van der Waals surface area contributed by atoms with Gasteiger partial charge in [-0.05, 0) is 49.9 Å². The summed E-state index contributed by atoms with van der Waals surface area (Å²) < 4.78 is 2.16. The number of hydrogen-bond acceptors (Lipinski definition) is 8. The van der Waals surface area contributed by atoms with Gasteiger partial charge in [0, 0.05) is 24.3 Å². The first kappa shape index (κ1) is 25.6. The fraction of sp³-hybridized carbons (Fsp3) is 0.393. The molecule has 3 heterocycles. The van der Waals surface area contributed by atoms with Crippen LogP contribution in [-0.4, -0.2) is 52.8 Å². The highest BCUT2D eigenvalue weighted by molar-refractivity contribution is 5.88. The van der Waals surface area contributed by atoms with E-state index < -0.39 is 12.1 Å².